The fourth-order valence-electron chi connectivity index (χ4n) is 3.30. The zero-order valence-electron chi connectivity index (χ0n) is 18.1. The molecule has 3 aromatic carbocycles. The molecule has 0 aromatic heterocycles. The third kappa shape index (κ3) is 8.14. The van der Waals surface area contributed by atoms with Crippen molar-refractivity contribution in [3.63, 3.8) is 0 Å². The number of aryl methyl sites for hydroxylation is 1. The summed E-state index contributed by atoms with van der Waals surface area (Å²) in [7, 11) is 0. The van der Waals surface area contributed by atoms with Crippen molar-refractivity contribution in [2.24, 2.45) is 5.73 Å². The molecule has 3 N–H and O–H groups in total. The van der Waals surface area contributed by atoms with Gasteiger partial charge in [-0.3, -0.25) is 4.79 Å². The third-order valence-corrected chi connectivity index (χ3v) is 5.71. The molecule has 0 aliphatic carbocycles. The van der Waals surface area contributed by atoms with Crippen LogP contribution in [0.15, 0.2) is 77.7 Å². The molecule has 8 heteroatoms. The Morgan fingerprint density at radius 2 is 1.67 bits per heavy atom. The van der Waals surface area contributed by atoms with Gasteiger partial charge in [0.25, 0.3) is 0 Å². The molecule has 33 heavy (non-hydrogen) atoms. The van der Waals surface area contributed by atoms with Crippen molar-refractivity contribution in [2.45, 2.75) is 42.9 Å². The molecule has 0 saturated heterocycles. The SMILES string of the molecule is Cc1cc(CNC(Cc2ccccc2)C(N)=O)ccc1OCc1ccc(SC(F)(F)F)cc1. The first kappa shape index (κ1) is 24.7. The highest BCUT2D eigenvalue weighted by Gasteiger charge is 2.29. The minimum Gasteiger partial charge on any atom is -0.489 e. The van der Waals surface area contributed by atoms with Crippen LogP contribution in [0, 0.1) is 6.92 Å². The van der Waals surface area contributed by atoms with Gasteiger partial charge in [0.2, 0.25) is 5.91 Å². The number of primary amides is 1. The largest absolute Gasteiger partial charge is 0.489 e. The summed E-state index contributed by atoms with van der Waals surface area (Å²) >= 11 is -0.139. The van der Waals surface area contributed by atoms with Gasteiger partial charge in [0, 0.05) is 11.4 Å². The number of benzene rings is 3. The van der Waals surface area contributed by atoms with Crippen LogP contribution in [0.2, 0.25) is 0 Å². The summed E-state index contributed by atoms with van der Waals surface area (Å²) in [5.41, 5.74) is 4.95. The summed E-state index contributed by atoms with van der Waals surface area (Å²) < 4.78 is 43.1. The molecule has 3 aromatic rings. The zero-order valence-corrected chi connectivity index (χ0v) is 18.9. The molecule has 0 heterocycles. The van der Waals surface area contributed by atoms with Crippen molar-refractivity contribution in [3.8, 4) is 5.75 Å². The first-order valence-corrected chi connectivity index (χ1v) is 11.1. The molecule has 4 nitrogen and oxygen atoms in total. The fraction of sp³-hybridized carbons (Fsp3) is 0.240. The number of nitrogens with two attached hydrogens (primary N) is 1. The van der Waals surface area contributed by atoms with Crippen molar-refractivity contribution < 1.29 is 22.7 Å². The number of alkyl halides is 3. The summed E-state index contributed by atoms with van der Waals surface area (Å²) in [6.07, 6.45) is 0.511. The Bertz CT molecular complexity index is 1060. The summed E-state index contributed by atoms with van der Waals surface area (Å²) in [5.74, 6) is 0.276. The molecule has 1 atom stereocenters. The van der Waals surface area contributed by atoms with Crippen molar-refractivity contribution >= 4 is 17.7 Å². The van der Waals surface area contributed by atoms with E-state index in [-0.39, 0.29) is 23.3 Å². The van der Waals surface area contributed by atoms with E-state index in [1.54, 1.807) is 12.1 Å². The molecule has 0 aliphatic heterocycles. The van der Waals surface area contributed by atoms with Crippen LogP contribution >= 0.6 is 11.8 Å². The third-order valence-electron chi connectivity index (χ3n) is 4.97. The van der Waals surface area contributed by atoms with Crippen LogP contribution in [0.3, 0.4) is 0 Å². The highest BCUT2D eigenvalue weighted by Crippen LogP contribution is 2.36. The number of hydrogen-bond acceptors (Lipinski definition) is 4. The van der Waals surface area contributed by atoms with Crippen LogP contribution in [0.4, 0.5) is 13.2 Å². The number of carbonyl (C=O) groups excluding carboxylic acids is 1. The minimum atomic E-state index is -4.30. The van der Waals surface area contributed by atoms with E-state index in [1.807, 2.05) is 55.5 Å². The molecule has 0 bridgehead atoms. The van der Waals surface area contributed by atoms with Crippen molar-refractivity contribution in [3.05, 3.63) is 95.1 Å². The van der Waals surface area contributed by atoms with Gasteiger partial charge < -0.3 is 15.8 Å². The van der Waals surface area contributed by atoms with Gasteiger partial charge in [-0.1, -0.05) is 54.6 Å². The van der Waals surface area contributed by atoms with Crippen LogP contribution in [-0.4, -0.2) is 17.5 Å². The molecular weight excluding hydrogens is 449 g/mol. The zero-order chi connectivity index (χ0) is 23.8. The highest BCUT2D eigenvalue weighted by molar-refractivity contribution is 8.00. The normalized spacial score (nSPS) is 12.4. The number of nitrogens with one attached hydrogen (secondary N) is 1. The molecule has 0 radical (unpaired) electrons. The van der Waals surface area contributed by atoms with Gasteiger partial charge in [0.05, 0.1) is 6.04 Å². The predicted octanol–water partition coefficient (Wildman–Crippen LogP) is 5.37. The van der Waals surface area contributed by atoms with E-state index in [2.05, 4.69) is 5.32 Å². The average Bonchev–Trinajstić information content (AvgIpc) is 2.76. The second-order valence-electron chi connectivity index (χ2n) is 7.61. The topological polar surface area (TPSA) is 64.3 Å². The molecule has 1 amide bonds. The Morgan fingerprint density at radius 3 is 2.27 bits per heavy atom. The quantitative estimate of drug-likeness (QED) is 0.388. The number of rotatable bonds is 10. The molecular formula is C25H25F3N2O2S. The van der Waals surface area contributed by atoms with Gasteiger partial charge in [0.1, 0.15) is 12.4 Å². The summed E-state index contributed by atoms with van der Waals surface area (Å²) in [5, 5.41) is 3.21. The second-order valence-corrected chi connectivity index (χ2v) is 8.74. The van der Waals surface area contributed by atoms with E-state index in [0.29, 0.717) is 18.7 Å². The van der Waals surface area contributed by atoms with Gasteiger partial charge in [0.15, 0.2) is 0 Å². The van der Waals surface area contributed by atoms with Crippen molar-refractivity contribution in [1.82, 2.24) is 5.32 Å². The van der Waals surface area contributed by atoms with Crippen LogP contribution in [0.25, 0.3) is 0 Å². The Morgan fingerprint density at radius 1 is 1.00 bits per heavy atom. The maximum atomic E-state index is 12.4. The molecule has 0 saturated carbocycles. The van der Waals surface area contributed by atoms with Gasteiger partial charge in [-0.25, -0.2) is 0 Å². The molecule has 3 rings (SSSR count). The number of carbonyl (C=O) groups is 1. The van der Waals surface area contributed by atoms with Gasteiger partial charge in [-0.2, -0.15) is 13.2 Å². The second kappa shape index (κ2) is 11.2. The number of ether oxygens (including phenoxy) is 1. The number of thioether (sulfide) groups is 1. The maximum absolute atomic E-state index is 12.4. The number of halogens is 3. The first-order valence-electron chi connectivity index (χ1n) is 10.3. The van der Waals surface area contributed by atoms with E-state index in [9.17, 15) is 18.0 Å². The highest BCUT2D eigenvalue weighted by atomic mass is 32.2. The number of hydrogen-bond donors (Lipinski definition) is 2. The molecule has 1 unspecified atom stereocenters. The average molecular weight is 475 g/mol. The molecule has 0 spiro atoms. The first-order chi connectivity index (χ1) is 15.7. The van der Waals surface area contributed by atoms with Crippen molar-refractivity contribution in [1.29, 1.82) is 0 Å². The lowest BCUT2D eigenvalue weighted by Crippen LogP contribution is -2.42. The Hall–Kier alpha value is -2.97. The minimum absolute atomic E-state index is 0.139. The molecule has 0 aliphatic rings. The van der Waals surface area contributed by atoms with E-state index in [4.69, 9.17) is 10.5 Å². The van der Waals surface area contributed by atoms with Crippen LogP contribution in [0.1, 0.15) is 22.3 Å². The predicted molar refractivity (Wildman–Crippen MR) is 124 cm³/mol. The van der Waals surface area contributed by atoms with E-state index < -0.39 is 17.5 Å². The number of amides is 1. The Balaban J connectivity index is 1.54. The van der Waals surface area contributed by atoms with Gasteiger partial charge >= 0.3 is 5.51 Å². The van der Waals surface area contributed by atoms with Gasteiger partial charge in [-0.05, 0) is 65.6 Å². The Labute approximate surface area is 195 Å². The lowest BCUT2D eigenvalue weighted by molar-refractivity contribution is -0.120. The van der Waals surface area contributed by atoms with Crippen LogP contribution in [-0.2, 0) is 24.4 Å². The van der Waals surface area contributed by atoms with Gasteiger partial charge in [-0.15, -0.1) is 0 Å². The van der Waals surface area contributed by atoms with Crippen LogP contribution in [0.5, 0.6) is 5.75 Å². The summed E-state index contributed by atoms with van der Waals surface area (Å²) in [6.45, 7) is 2.63. The molecule has 0 fully saturated rings. The molecule has 174 valence electrons. The summed E-state index contributed by atoms with van der Waals surface area (Å²) in [6, 6.07) is 21.0. The lowest BCUT2D eigenvalue weighted by atomic mass is 10.0. The van der Waals surface area contributed by atoms with E-state index in [1.165, 1.54) is 12.1 Å². The lowest BCUT2D eigenvalue weighted by Gasteiger charge is -2.16. The van der Waals surface area contributed by atoms with Crippen molar-refractivity contribution in [2.75, 3.05) is 0 Å². The van der Waals surface area contributed by atoms with Crippen LogP contribution < -0.4 is 15.8 Å². The standard InChI is InChI=1S/C25H25F3N2O2S/c1-17-13-20(15-30-22(24(29)31)14-18-5-3-2-4-6-18)9-12-23(17)32-16-19-7-10-21(11-8-19)33-25(26,27)28/h2-13,22,30H,14-16H2,1H3,(H2,29,31). The maximum Gasteiger partial charge on any atom is 0.446 e. The Kier molecular flexibility index (Phi) is 8.41. The summed E-state index contributed by atoms with van der Waals surface area (Å²) in [4.78, 5) is 12.0. The van der Waals surface area contributed by atoms with E-state index >= 15 is 0 Å². The smallest absolute Gasteiger partial charge is 0.446 e. The fourth-order valence-corrected chi connectivity index (χ4v) is 3.84. The van der Waals surface area contributed by atoms with E-state index in [0.717, 1.165) is 22.3 Å². The monoisotopic (exact) mass is 474 g/mol.